The lowest BCUT2D eigenvalue weighted by molar-refractivity contribution is 0.154. The number of anilines is 1. The molecule has 0 atom stereocenters. The minimum Gasteiger partial charge on any atom is -0.380 e. The van der Waals surface area contributed by atoms with Crippen LogP contribution in [0.15, 0.2) is 18.2 Å². The van der Waals surface area contributed by atoms with E-state index in [2.05, 4.69) is 33.8 Å². The predicted octanol–water partition coefficient (Wildman–Crippen LogP) is 4.10. The SMILES string of the molecule is CCOCCN(CC)c1cc(Cl)ccc1CBr. The fourth-order valence-corrected chi connectivity index (χ4v) is 2.35. The number of benzene rings is 1. The second kappa shape index (κ2) is 7.96. The van der Waals surface area contributed by atoms with Gasteiger partial charge in [0.2, 0.25) is 0 Å². The zero-order chi connectivity index (χ0) is 12.7. The molecule has 0 aliphatic heterocycles. The van der Waals surface area contributed by atoms with Crippen LogP contribution in [-0.2, 0) is 10.1 Å². The topological polar surface area (TPSA) is 12.5 Å². The molecule has 0 saturated heterocycles. The van der Waals surface area contributed by atoms with Gasteiger partial charge in [0, 0.05) is 35.7 Å². The van der Waals surface area contributed by atoms with Crippen molar-refractivity contribution in [2.45, 2.75) is 19.2 Å². The molecule has 0 radical (unpaired) electrons. The van der Waals surface area contributed by atoms with E-state index in [1.54, 1.807) is 0 Å². The fourth-order valence-electron chi connectivity index (χ4n) is 1.71. The lowest BCUT2D eigenvalue weighted by Crippen LogP contribution is -2.28. The van der Waals surface area contributed by atoms with Gasteiger partial charge in [-0.1, -0.05) is 33.6 Å². The standard InChI is InChI=1S/C13H19BrClNO/c1-3-16(7-8-17-4-2)13-9-12(15)6-5-11(13)10-14/h5-6,9H,3-4,7-8,10H2,1-2H3. The van der Waals surface area contributed by atoms with Crippen molar-refractivity contribution in [2.75, 3.05) is 31.2 Å². The van der Waals surface area contributed by atoms with Gasteiger partial charge in [-0.25, -0.2) is 0 Å². The molecule has 0 amide bonds. The third kappa shape index (κ3) is 4.49. The zero-order valence-corrected chi connectivity index (χ0v) is 12.7. The first kappa shape index (κ1) is 14.8. The van der Waals surface area contributed by atoms with Gasteiger partial charge in [-0.3, -0.25) is 0 Å². The third-order valence-electron chi connectivity index (χ3n) is 2.62. The van der Waals surface area contributed by atoms with E-state index < -0.39 is 0 Å². The summed E-state index contributed by atoms with van der Waals surface area (Å²) in [5.41, 5.74) is 2.45. The Balaban J connectivity index is 2.82. The molecule has 17 heavy (non-hydrogen) atoms. The van der Waals surface area contributed by atoms with Crippen LogP contribution in [0, 0.1) is 0 Å². The molecule has 0 bridgehead atoms. The van der Waals surface area contributed by atoms with E-state index in [0.717, 1.165) is 36.7 Å². The summed E-state index contributed by atoms with van der Waals surface area (Å²) < 4.78 is 5.40. The lowest BCUT2D eigenvalue weighted by atomic mass is 10.2. The van der Waals surface area contributed by atoms with Crippen LogP contribution >= 0.6 is 27.5 Å². The molecule has 0 fully saturated rings. The van der Waals surface area contributed by atoms with Gasteiger partial charge in [0.25, 0.3) is 0 Å². The van der Waals surface area contributed by atoms with Crippen molar-refractivity contribution in [3.8, 4) is 0 Å². The van der Waals surface area contributed by atoms with Crippen molar-refractivity contribution < 1.29 is 4.74 Å². The summed E-state index contributed by atoms with van der Waals surface area (Å²) in [4.78, 5) is 2.29. The van der Waals surface area contributed by atoms with Crippen LogP contribution in [0.5, 0.6) is 0 Å². The van der Waals surface area contributed by atoms with E-state index in [9.17, 15) is 0 Å². The number of alkyl halides is 1. The highest BCUT2D eigenvalue weighted by Gasteiger charge is 2.09. The molecular weight excluding hydrogens is 302 g/mol. The minimum absolute atomic E-state index is 0.749. The summed E-state index contributed by atoms with van der Waals surface area (Å²) in [5, 5.41) is 1.62. The maximum Gasteiger partial charge on any atom is 0.0641 e. The Hall–Kier alpha value is -0.250. The Kier molecular flexibility index (Phi) is 6.93. The Morgan fingerprint density at radius 1 is 1.35 bits per heavy atom. The Bertz CT molecular complexity index is 346. The summed E-state index contributed by atoms with van der Waals surface area (Å²) >= 11 is 9.57. The van der Waals surface area contributed by atoms with Crippen molar-refractivity contribution in [2.24, 2.45) is 0 Å². The van der Waals surface area contributed by atoms with E-state index in [1.807, 2.05) is 19.1 Å². The number of rotatable bonds is 7. The molecule has 2 nitrogen and oxygen atoms in total. The van der Waals surface area contributed by atoms with Crippen LogP contribution in [-0.4, -0.2) is 26.3 Å². The van der Waals surface area contributed by atoms with Crippen molar-refractivity contribution in [1.29, 1.82) is 0 Å². The quantitative estimate of drug-likeness (QED) is 0.554. The first-order chi connectivity index (χ1) is 8.22. The molecule has 0 aliphatic rings. The summed E-state index contributed by atoms with van der Waals surface area (Å²) in [5.74, 6) is 0. The predicted molar refractivity (Wildman–Crippen MR) is 78.5 cm³/mol. The number of hydrogen-bond acceptors (Lipinski definition) is 2. The highest BCUT2D eigenvalue weighted by Crippen LogP contribution is 2.26. The molecule has 96 valence electrons. The average Bonchev–Trinajstić information content (AvgIpc) is 2.35. The molecular formula is C13H19BrClNO. The van der Waals surface area contributed by atoms with Gasteiger partial charge in [0.15, 0.2) is 0 Å². The minimum atomic E-state index is 0.749. The zero-order valence-electron chi connectivity index (χ0n) is 10.4. The van der Waals surface area contributed by atoms with Crippen LogP contribution < -0.4 is 4.90 Å². The van der Waals surface area contributed by atoms with E-state index in [0.29, 0.717) is 0 Å². The molecule has 1 rings (SSSR count). The summed E-state index contributed by atoms with van der Waals surface area (Å²) in [7, 11) is 0. The summed E-state index contributed by atoms with van der Waals surface area (Å²) in [6, 6.07) is 6.02. The largest absolute Gasteiger partial charge is 0.380 e. The van der Waals surface area contributed by atoms with Crippen molar-refractivity contribution in [1.82, 2.24) is 0 Å². The molecule has 0 aromatic heterocycles. The maximum atomic E-state index is 6.06. The van der Waals surface area contributed by atoms with E-state index >= 15 is 0 Å². The Morgan fingerprint density at radius 2 is 2.12 bits per heavy atom. The smallest absolute Gasteiger partial charge is 0.0641 e. The van der Waals surface area contributed by atoms with Gasteiger partial charge >= 0.3 is 0 Å². The van der Waals surface area contributed by atoms with Crippen molar-refractivity contribution in [3.63, 3.8) is 0 Å². The average molecular weight is 321 g/mol. The fraction of sp³-hybridized carbons (Fsp3) is 0.538. The van der Waals surface area contributed by atoms with Crippen molar-refractivity contribution in [3.05, 3.63) is 28.8 Å². The van der Waals surface area contributed by atoms with E-state index in [-0.39, 0.29) is 0 Å². The molecule has 1 aromatic rings. The molecule has 1 aromatic carbocycles. The second-order valence-corrected chi connectivity index (χ2v) is 4.68. The molecule has 0 heterocycles. The first-order valence-corrected chi connectivity index (χ1v) is 7.39. The number of halogens is 2. The van der Waals surface area contributed by atoms with Crippen LogP contribution in [0.2, 0.25) is 5.02 Å². The lowest BCUT2D eigenvalue weighted by Gasteiger charge is -2.25. The van der Waals surface area contributed by atoms with Crippen molar-refractivity contribution >= 4 is 33.2 Å². The van der Waals surface area contributed by atoms with Gasteiger partial charge in [-0.2, -0.15) is 0 Å². The van der Waals surface area contributed by atoms with Crippen LogP contribution in [0.25, 0.3) is 0 Å². The Morgan fingerprint density at radius 3 is 2.71 bits per heavy atom. The molecule has 4 heteroatoms. The van der Waals surface area contributed by atoms with Gasteiger partial charge in [0.05, 0.1) is 6.61 Å². The van der Waals surface area contributed by atoms with Crippen LogP contribution in [0.3, 0.4) is 0 Å². The van der Waals surface area contributed by atoms with Gasteiger partial charge in [-0.15, -0.1) is 0 Å². The Labute approximate surface area is 117 Å². The number of hydrogen-bond donors (Lipinski definition) is 0. The summed E-state index contributed by atoms with van der Waals surface area (Å²) in [6.45, 7) is 7.51. The molecule has 0 unspecified atom stereocenters. The highest BCUT2D eigenvalue weighted by molar-refractivity contribution is 9.08. The number of nitrogens with zero attached hydrogens (tertiary/aromatic N) is 1. The van der Waals surface area contributed by atoms with E-state index in [4.69, 9.17) is 16.3 Å². The van der Waals surface area contributed by atoms with Gasteiger partial charge in [0.1, 0.15) is 0 Å². The van der Waals surface area contributed by atoms with Crippen LogP contribution in [0.1, 0.15) is 19.4 Å². The van der Waals surface area contributed by atoms with Crippen LogP contribution in [0.4, 0.5) is 5.69 Å². The summed E-state index contributed by atoms with van der Waals surface area (Å²) in [6.07, 6.45) is 0. The molecule has 0 spiro atoms. The first-order valence-electron chi connectivity index (χ1n) is 5.90. The van der Waals surface area contributed by atoms with Gasteiger partial charge < -0.3 is 9.64 Å². The second-order valence-electron chi connectivity index (χ2n) is 3.68. The third-order valence-corrected chi connectivity index (χ3v) is 3.46. The number of ether oxygens (including phenoxy) is 1. The number of likely N-dealkylation sites (N-methyl/N-ethyl adjacent to an activating group) is 1. The highest BCUT2D eigenvalue weighted by atomic mass is 79.9. The molecule has 0 aliphatic carbocycles. The molecule has 0 N–H and O–H groups in total. The maximum absolute atomic E-state index is 6.06. The monoisotopic (exact) mass is 319 g/mol. The van der Waals surface area contributed by atoms with Gasteiger partial charge in [-0.05, 0) is 31.5 Å². The normalized spacial score (nSPS) is 10.6. The van der Waals surface area contributed by atoms with E-state index in [1.165, 1.54) is 11.3 Å². The molecule has 0 saturated carbocycles.